The zero-order valence-electron chi connectivity index (χ0n) is 11.2. The molecule has 1 nitrogen and oxygen atoms in total. The molecule has 19 heavy (non-hydrogen) atoms. The number of allylic oxidation sites excluding steroid dienone is 1. The Labute approximate surface area is 114 Å². The predicted octanol–water partition coefficient (Wildman–Crippen LogP) is 3.81. The zero-order valence-corrected chi connectivity index (χ0v) is 12.1. The molecule has 0 spiro atoms. The van der Waals surface area contributed by atoms with Crippen LogP contribution >= 0.6 is 7.14 Å². The van der Waals surface area contributed by atoms with Crippen molar-refractivity contribution in [1.82, 2.24) is 0 Å². The topological polar surface area (TPSA) is 17.1 Å². The first-order chi connectivity index (χ1) is 9.04. The molecule has 0 N–H and O–H groups in total. The van der Waals surface area contributed by atoms with E-state index in [1.807, 2.05) is 54.3 Å². The molecule has 96 valence electrons. The fraction of sp³-hybridized carbons (Fsp3) is 0.176. The summed E-state index contributed by atoms with van der Waals surface area (Å²) >= 11 is 0. The van der Waals surface area contributed by atoms with Crippen molar-refractivity contribution in [2.45, 2.75) is 19.3 Å². The van der Waals surface area contributed by atoms with E-state index in [-0.39, 0.29) is 5.41 Å². The van der Waals surface area contributed by atoms with E-state index in [0.717, 1.165) is 10.6 Å². The van der Waals surface area contributed by atoms with Gasteiger partial charge < -0.3 is 4.57 Å². The van der Waals surface area contributed by atoms with Gasteiger partial charge in [-0.15, -0.1) is 0 Å². The van der Waals surface area contributed by atoms with Crippen LogP contribution in [0.2, 0.25) is 0 Å². The van der Waals surface area contributed by atoms with Gasteiger partial charge in [0.15, 0.2) is 7.14 Å². The van der Waals surface area contributed by atoms with E-state index < -0.39 is 7.14 Å². The Balaban J connectivity index is 2.29. The van der Waals surface area contributed by atoms with Crippen LogP contribution in [0.25, 0.3) is 0 Å². The lowest BCUT2D eigenvalue weighted by molar-refractivity contribution is 0.588. The molecule has 0 bridgehead atoms. The summed E-state index contributed by atoms with van der Waals surface area (Å²) in [5.74, 6) is 1.92. The minimum absolute atomic E-state index is 0.0563. The van der Waals surface area contributed by atoms with E-state index in [1.165, 1.54) is 5.56 Å². The third-order valence-corrected chi connectivity index (χ3v) is 6.54. The molecule has 2 heteroatoms. The molecule has 0 saturated carbocycles. The SMILES string of the molecule is CC1(C)C=CP(=O)(c2ccccc2)c2ccccc21. The van der Waals surface area contributed by atoms with Crippen LogP contribution in [-0.2, 0) is 9.98 Å². The van der Waals surface area contributed by atoms with Crippen LogP contribution in [0.15, 0.2) is 66.5 Å². The normalized spacial score (nSPS) is 23.9. The Kier molecular flexibility index (Phi) is 2.76. The highest BCUT2D eigenvalue weighted by Gasteiger charge is 2.35. The van der Waals surface area contributed by atoms with Gasteiger partial charge in [0.1, 0.15) is 0 Å². The number of hydrogen-bond donors (Lipinski definition) is 0. The second-order valence-electron chi connectivity index (χ2n) is 5.55. The van der Waals surface area contributed by atoms with Crippen LogP contribution in [0.3, 0.4) is 0 Å². The fourth-order valence-corrected chi connectivity index (χ4v) is 5.48. The second-order valence-corrected chi connectivity index (χ2v) is 8.16. The lowest BCUT2D eigenvalue weighted by atomic mass is 9.85. The van der Waals surface area contributed by atoms with Crippen LogP contribution in [0.4, 0.5) is 0 Å². The lowest BCUT2D eigenvalue weighted by Gasteiger charge is -2.32. The molecule has 1 aliphatic heterocycles. The van der Waals surface area contributed by atoms with Crippen molar-refractivity contribution < 1.29 is 4.57 Å². The Hall–Kier alpha value is -1.59. The van der Waals surface area contributed by atoms with E-state index >= 15 is 0 Å². The van der Waals surface area contributed by atoms with Crippen molar-refractivity contribution in [3.05, 3.63) is 72.1 Å². The van der Waals surface area contributed by atoms with Gasteiger partial charge in [0, 0.05) is 16.0 Å². The fourth-order valence-electron chi connectivity index (χ4n) is 2.64. The maximum absolute atomic E-state index is 13.5. The first-order valence-corrected chi connectivity index (χ1v) is 8.27. The van der Waals surface area contributed by atoms with Crippen LogP contribution in [-0.4, -0.2) is 0 Å². The zero-order chi connectivity index (χ0) is 13.5. The van der Waals surface area contributed by atoms with Gasteiger partial charge in [-0.3, -0.25) is 0 Å². The maximum atomic E-state index is 13.5. The van der Waals surface area contributed by atoms with Gasteiger partial charge in [0.25, 0.3) is 0 Å². The molecule has 1 atom stereocenters. The summed E-state index contributed by atoms with van der Waals surface area (Å²) in [5, 5.41) is 1.89. The van der Waals surface area contributed by atoms with Crippen LogP contribution in [0.1, 0.15) is 19.4 Å². The summed E-state index contributed by atoms with van der Waals surface area (Å²) in [5.41, 5.74) is 1.11. The Morgan fingerprint density at radius 3 is 2.26 bits per heavy atom. The Morgan fingerprint density at radius 1 is 0.895 bits per heavy atom. The smallest absolute Gasteiger partial charge is 0.164 e. The molecule has 0 aromatic heterocycles. The van der Waals surface area contributed by atoms with Gasteiger partial charge in [0.2, 0.25) is 0 Å². The van der Waals surface area contributed by atoms with Crippen molar-refractivity contribution >= 4 is 17.8 Å². The summed E-state index contributed by atoms with van der Waals surface area (Å²) in [6, 6.07) is 17.9. The van der Waals surface area contributed by atoms with Gasteiger partial charge in [0.05, 0.1) is 0 Å². The summed E-state index contributed by atoms with van der Waals surface area (Å²) < 4.78 is 13.5. The Morgan fingerprint density at radius 2 is 1.53 bits per heavy atom. The van der Waals surface area contributed by atoms with E-state index in [2.05, 4.69) is 26.0 Å². The van der Waals surface area contributed by atoms with E-state index in [0.29, 0.717) is 0 Å². The van der Waals surface area contributed by atoms with Crippen molar-refractivity contribution in [1.29, 1.82) is 0 Å². The quantitative estimate of drug-likeness (QED) is 0.719. The molecule has 0 fully saturated rings. The Bertz CT molecular complexity index is 683. The van der Waals surface area contributed by atoms with Crippen molar-refractivity contribution in [2.75, 3.05) is 0 Å². The molecule has 1 aliphatic rings. The third-order valence-electron chi connectivity index (χ3n) is 3.80. The molecular formula is C17H17OP. The van der Waals surface area contributed by atoms with Gasteiger partial charge in [-0.2, -0.15) is 0 Å². The van der Waals surface area contributed by atoms with Gasteiger partial charge in [-0.05, 0) is 11.4 Å². The molecule has 0 amide bonds. The highest BCUT2D eigenvalue weighted by Crippen LogP contribution is 2.51. The van der Waals surface area contributed by atoms with E-state index in [9.17, 15) is 4.57 Å². The van der Waals surface area contributed by atoms with Gasteiger partial charge >= 0.3 is 0 Å². The maximum Gasteiger partial charge on any atom is 0.164 e. The van der Waals surface area contributed by atoms with Gasteiger partial charge in [-0.25, -0.2) is 0 Å². The highest BCUT2D eigenvalue weighted by molar-refractivity contribution is 7.81. The lowest BCUT2D eigenvalue weighted by Crippen LogP contribution is -2.30. The highest BCUT2D eigenvalue weighted by atomic mass is 31.2. The minimum atomic E-state index is -2.62. The number of hydrogen-bond acceptors (Lipinski definition) is 1. The largest absolute Gasteiger partial charge is 0.309 e. The van der Waals surface area contributed by atoms with E-state index in [4.69, 9.17) is 0 Å². The average Bonchev–Trinajstić information content (AvgIpc) is 2.45. The molecule has 0 saturated heterocycles. The predicted molar refractivity (Wildman–Crippen MR) is 81.9 cm³/mol. The first-order valence-electron chi connectivity index (χ1n) is 6.50. The molecule has 1 unspecified atom stereocenters. The summed E-state index contributed by atoms with van der Waals surface area (Å²) in [6.07, 6.45) is 2.09. The molecule has 2 aromatic rings. The summed E-state index contributed by atoms with van der Waals surface area (Å²) in [4.78, 5) is 0. The summed E-state index contributed by atoms with van der Waals surface area (Å²) in [7, 11) is -2.62. The summed E-state index contributed by atoms with van der Waals surface area (Å²) in [6.45, 7) is 4.33. The number of fused-ring (bicyclic) bond motifs is 1. The first kappa shape index (κ1) is 12.4. The van der Waals surface area contributed by atoms with Gasteiger partial charge in [-0.1, -0.05) is 74.5 Å². The van der Waals surface area contributed by atoms with Crippen molar-refractivity contribution in [2.24, 2.45) is 0 Å². The molecule has 2 aromatic carbocycles. The third kappa shape index (κ3) is 1.89. The number of rotatable bonds is 1. The van der Waals surface area contributed by atoms with Crippen molar-refractivity contribution in [3.8, 4) is 0 Å². The molecule has 0 aliphatic carbocycles. The average molecular weight is 268 g/mol. The molecule has 3 rings (SSSR count). The van der Waals surface area contributed by atoms with Crippen LogP contribution in [0.5, 0.6) is 0 Å². The van der Waals surface area contributed by atoms with Crippen LogP contribution < -0.4 is 10.6 Å². The molecular weight excluding hydrogens is 251 g/mol. The number of benzene rings is 2. The second kappa shape index (κ2) is 4.21. The van der Waals surface area contributed by atoms with Crippen LogP contribution in [0, 0.1) is 0 Å². The van der Waals surface area contributed by atoms with Crippen molar-refractivity contribution in [3.63, 3.8) is 0 Å². The molecule has 0 radical (unpaired) electrons. The molecule has 1 heterocycles. The van der Waals surface area contributed by atoms with E-state index in [1.54, 1.807) is 0 Å². The standard InChI is InChI=1S/C17H17OP/c1-17(2)12-13-19(18,14-8-4-3-5-9-14)16-11-7-6-10-15(16)17/h3-13H,1-2H3. The monoisotopic (exact) mass is 268 g/mol. The minimum Gasteiger partial charge on any atom is -0.309 e.